The third-order valence-electron chi connectivity index (χ3n) is 2.60. The Morgan fingerprint density at radius 2 is 1.64 bits per heavy atom. The minimum atomic E-state index is 0.367. The van der Waals surface area contributed by atoms with Crippen LogP contribution in [0.3, 0.4) is 0 Å². The predicted octanol–water partition coefficient (Wildman–Crippen LogP) is 2.35. The molecule has 0 heterocycles. The van der Waals surface area contributed by atoms with Crippen LogP contribution in [0.5, 0.6) is 0 Å². The molecule has 0 spiro atoms. The molecule has 14 heavy (non-hydrogen) atoms. The van der Waals surface area contributed by atoms with Gasteiger partial charge in [-0.15, -0.1) is 0 Å². The topological polar surface area (TPSA) is 15.3 Å². The number of rotatable bonds is 7. The lowest BCUT2D eigenvalue weighted by atomic mass is 9.92. The number of nitrogens with one attached hydrogen (secondary N) is 1. The maximum absolute atomic E-state index is 3.64. The Morgan fingerprint density at radius 1 is 1.14 bits per heavy atom. The molecule has 0 rings (SSSR count). The SMILES string of the molecule is CCC(CC)NCC(C)(C)CN(C)C. The first-order valence-electron chi connectivity index (χ1n) is 5.79. The van der Waals surface area contributed by atoms with E-state index < -0.39 is 0 Å². The van der Waals surface area contributed by atoms with Crippen molar-refractivity contribution in [2.75, 3.05) is 27.2 Å². The van der Waals surface area contributed by atoms with Gasteiger partial charge in [0.1, 0.15) is 0 Å². The Kier molecular flexibility index (Phi) is 6.38. The van der Waals surface area contributed by atoms with Crippen LogP contribution in [0.2, 0.25) is 0 Å². The zero-order valence-corrected chi connectivity index (χ0v) is 10.9. The molecule has 0 atom stereocenters. The molecule has 0 radical (unpaired) electrons. The van der Waals surface area contributed by atoms with E-state index in [2.05, 4.69) is 52.0 Å². The quantitative estimate of drug-likeness (QED) is 0.678. The van der Waals surface area contributed by atoms with Crippen molar-refractivity contribution in [1.82, 2.24) is 10.2 Å². The molecule has 86 valence electrons. The van der Waals surface area contributed by atoms with Crippen LogP contribution in [0.1, 0.15) is 40.5 Å². The molecule has 0 aromatic rings. The van der Waals surface area contributed by atoms with Crippen LogP contribution < -0.4 is 5.32 Å². The molecule has 0 amide bonds. The van der Waals surface area contributed by atoms with Gasteiger partial charge in [-0.25, -0.2) is 0 Å². The van der Waals surface area contributed by atoms with E-state index >= 15 is 0 Å². The summed E-state index contributed by atoms with van der Waals surface area (Å²) in [7, 11) is 4.28. The van der Waals surface area contributed by atoms with Crippen LogP contribution in [-0.2, 0) is 0 Å². The second-order valence-electron chi connectivity index (χ2n) is 5.30. The summed E-state index contributed by atoms with van der Waals surface area (Å²) in [5.41, 5.74) is 0.367. The zero-order valence-electron chi connectivity index (χ0n) is 10.9. The highest BCUT2D eigenvalue weighted by molar-refractivity contribution is 4.76. The smallest absolute Gasteiger partial charge is 0.00620 e. The van der Waals surface area contributed by atoms with Gasteiger partial charge >= 0.3 is 0 Å². The van der Waals surface area contributed by atoms with E-state index in [4.69, 9.17) is 0 Å². The van der Waals surface area contributed by atoms with Crippen LogP contribution in [0.4, 0.5) is 0 Å². The summed E-state index contributed by atoms with van der Waals surface area (Å²) in [6, 6.07) is 0.691. The van der Waals surface area contributed by atoms with Crippen LogP contribution in [0.15, 0.2) is 0 Å². The van der Waals surface area contributed by atoms with Gasteiger partial charge in [0.25, 0.3) is 0 Å². The van der Waals surface area contributed by atoms with Crippen molar-refractivity contribution in [3.05, 3.63) is 0 Å². The summed E-state index contributed by atoms with van der Waals surface area (Å²) < 4.78 is 0. The van der Waals surface area contributed by atoms with Crippen LogP contribution >= 0.6 is 0 Å². The summed E-state index contributed by atoms with van der Waals surface area (Å²) in [6.07, 6.45) is 2.46. The van der Waals surface area contributed by atoms with Gasteiger partial charge in [-0.1, -0.05) is 27.7 Å². The Bertz CT molecular complexity index is 137. The fourth-order valence-electron chi connectivity index (χ4n) is 1.91. The molecule has 2 nitrogen and oxygen atoms in total. The lowest BCUT2D eigenvalue weighted by Gasteiger charge is -2.30. The minimum absolute atomic E-state index is 0.367. The molecule has 0 saturated heterocycles. The van der Waals surface area contributed by atoms with Crippen molar-refractivity contribution in [3.8, 4) is 0 Å². The maximum atomic E-state index is 3.64. The summed E-state index contributed by atoms with van der Waals surface area (Å²) in [6.45, 7) is 11.4. The lowest BCUT2D eigenvalue weighted by Crippen LogP contribution is -2.41. The fourth-order valence-corrected chi connectivity index (χ4v) is 1.91. The van der Waals surface area contributed by atoms with E-state index in [1.54, 1.807) is 0 Å². The Hall–Kier alpha value is -0.0800. The van der Waals surface area contributed by atoms with Gasteiger partial charge in [0.05, 0.1) is 0 Å². The average molecular weight is 200 g/mol. The van der Waals surface area contributed by atoms with E-state index in [9.17, 15) is 0 Å². The van der Waals surface area contributed by atoms with Gasteiger partial charge in [0, 0.05) is 19.1 Å². The largest absolute Gasteiger partial charge is 0.313 e. The van der Waals surface area contributed by atoms with Gasteiger partial charge < -0.3 is 10.2 Å². The van der Waals surface area contributed by atoms with Gasteiger partial charge in [0.15, 0.2) is 0 Å². The van der Waals surface area contributed by atoms with Crippen LogP contribution in [0, 0.1) is 5.41 Å². The van der Waals surface area contributed by atoms with Gasteiger partial charge in [0.2, 0.25) is 0 Å². The molecule has 0 bridgehead atoms. The first kappa shape index (κ1) is 13.9. The summed E-state index contributed by atoms with van der Waals surface area (Å²) in [5.74, 6) is 0. The van der Waals surface area contributed by atoms with Crippen molar-refractivity contribution in [2.45, 2.75) is 46.6 Å². The molecule has 0 aliphatic carbocycles. The summed E-state index contributed by atoms with van der Waals surface area (Å²) in [5, 5.41) is 3.64. The minimum Gasteiger partial charge on any atom is -0.313 e. The molecule has 0 aromatic heterocycles. The normalized spacial score (nSPS) is 12.9. The van der Waals surface area contributed by atoms with Crippen molar-refractivity contribution in [2.24, 2.45) is 5.41 Å². The van der Waals surface area contributed by atoms with Crippen molar-refractivity contribution in [3.63, 3.8) is 0 Å². The molecule has 0 unspecified atom stereocenters. The van der Waals surface area contributed by atoms with Gasteiger partial charge in [-0.2, -0.15) is 0 Å². The third kappa shape index (κ3) is 6.39. The highest BCUT2D eigenvalue weighted by Gasteiger charge is 2.19. The number of nitrogens with zero attached hydrogens (tertiary/aromatic N) is 1. The highest BCUT2D eigenvalue weighted by atomic mass is 15.1. The summed E-state index contributed by atoms with van der Waals surface area (Å²) in [4.78, 5) is 2.26. The van der Waals surface area contributed by atoms with E-state index in [1.807, 2.05) is 0 Å². The third-order valence-corrected chi connectivity index (χ3v) is 2.60. The second-order valence-corrected chi connectivity index (χ2v) is 5.30. The first-order valence-corrected chi connectivity index (χ1v) is 5.79. The number of hydrogen-bond acceptors (Lipinski definition) is 2. The highest BCUT2D eigenvalue weighted by Crippen LogP contribution is 2.15. The Labute approximate surface area is 90.1 Å². The molecule has 0 fully saturated rings. The fraction of sp³-hybridized carbons (Fsp3) is 1.00. The van der Waals surface area contributed by atoms with Crippen molar-refractivity contribution >= 4 is 0 Å². The van der Waals surface area contributed by atoms with E-state index in [-0.39, 0.29) is 0 Å². The van der Waals surface area contributed by atoms with Crippen LogP contribution in [0.25, 0.3) is 0 Å². The van der Waals surface area contributed by atoms with E-state index in [1.165, 1.54) is 12.8 Å². The Morgan fingerprint density at radius 3 is 2.00 bits per heavy atom. The number of hydrogen-bond donors (Lipinski definition) is 1. The molecule has 1 N–H and O–H groups in total. The van der Waals surface area contributed by atoms with Crippen molar-refractivity contribution < 1.29 is 0 Å². The molecular formula is C12H28N2. The van der Waals surface area contributed by atoms with Crippen LogP contribution in [-0.4, -0.2) is 38.1 Å². The molecule has 0 saturated carbocycles. The molecular weight excluding hydrogens is 172 g/mol. The Balaban J connectivity index is 3.84. The molecule has 0 aliphatic heterocycles. The maximum Gasteiger partial charge on any atom is 0.00620 e. The standard InChI is InChI=1S/C12H28N2/c1-7-11(8-2)13-9-12(3,4)10-14(5)6/h11,13H,7-10H2,1-6H3. The average Bonchev–Trinajstić information content (AvgIpc) is 2.03. The predicted molar refractivity (Wildman–Crippen MR) is 64.7 cm³/mol. The molecule has 2 heteroatoms. The molecule has 0 aromatic carbocycles. The monoisotopic (exact) mass is 200 g/mol. The van der Waals surface area contributed by atoms with Gasteiger partial charge in [-0.05, 0) is 32.4 Å². The van der Waals surface area contributed by atoms with Crippen molar-refractivity contribution in [1.29, 1.82) is 0 Å². The molecule has 0 aliphatic rings. The van der Waals surface area contributed by atoms with E-state index in [0.717, 1.165) is 13.1 Å². The first-order chi connectivity index (χ1) is 6.41. The summed E-state index contributed by atoms with van der Waals surface area (Å²) >= 11 is 0. The lowest BCUT2D eigenvalue weighted by molar-refractivity contribution is 0.223. The zero-order chi connectivity index (χ0) is 11.2. The second kappa shape index (κ2) is 6.41. The van der Waals surface area contributed by atoms with Gasteiger partial charge in [-0.3, -0.25) is 0 Å². The van der Waals surface area contributed by atoms with E-state index in [0.29, 0.717) is 11.5 Å².